The summed E-state index contributed by atoms with van der Waals surface area (Å²) in [5.74, 6) is -0.0875. The minimum Gasteiger partial charge on any atom is -0.465 e. The Morgan fingerprint density at radius 2 is 2.00 bits per heavy atom. The molecule has 6 heteroatoms. The van der Waals surface area contributed by atoms with Crippen molar-refractivity contribution in [2.45, 2.75) is 6.18 Å². The molecule has 0 saturated heterocycles. The zero-order valence-corrected chi connectivity index (χ0v) is 8.35. The van der Waals surface area contributed by atoms with E-state index in [1.165, 1.54) is 12.1 Å². The van der Waals surface area contributed by atoms with Gasteiger partial charge in [0, 0.05) is 4.47 Å². The zero-order valence-electron chi connectivity index (χ0n) is 6.77. The highest BCUT2D eigenvalue weighted by molar-refractivity contribution is 9.10. The second-order valence-electron chi connectivity index (χ2n) is 2.40. The number of alkyl halides is 3. The Bertz CT molecular complexity index is 325. The van der Waals surface area contributed by atoms with Crippen LogP contribution in [0, 0.1) is 0 Å². The highest BCUT2D eigenvalue weighted by Crippen LogP contribution is 2.36. The van der Waals surface area contributed by atoms with Crippen LogP contribution in [0.2, 0.25) is 0 Å². The molecular formula is C8H5BrF3O2. The van der Waals surface area contributed by atoms with Crippen LogP contribution in [0.25, 0.3) is 0 Å². The molecule has 0 aliphatic rings. The van der Waals surface area contributed by atoms with E-state index in [-0.39, 0.29) is 10.2 Å². The molecule has 0 aliphatic carbocycles. The van der Waals surface area contributed by atoms with Crippen molar-refractivity contribution >= 4 is 15.9 Å². The van der Waals surface area contributed by atoms with Gasteiger partial charge in [0.2, 0.25) is 6.79 Å². The number of hydrogen-bond donors (Lipinski definition) is 0. The number of hydrogen-bond acceptors (Lipinski definition) is 1. The van der Waals surface area contributed by atoms with Crippen molar-refractivity contribution in [2.24, 2.45) is 0 Å². The van der Waals surface area contributed by atoms with E-state index in [1.54, 1.807) is 0 Å². The highest BCUT2D eigenvalue weighted by atomic mass is 79.9. The van der Waals surface area contributed by atoms with E-state index in [9.17, 15) is 18.3 Å². The van der Waals surface area contributed by atoms with Gasteiger partial charge >= 0.3 is 6.18 Å². The zero-order chi connectivity index (χ0) is 10.8. The molecule has 0 spiro atoms. The second-order valence-corrected chi connectivity index (χ2v) is 3.26. The van der Waals surface area contributed by atoms with Crippen molar-refractivity contribution in [1.29, 1.82) is 0 Å². The van der Waals surface area contributed by atoms with Crippen molar-refractivity contribution in [3.63, 3.8) is 0 Å². The van der Waals surface area contributed by atoms with Crippen LogP contribution in [0.3, 0.4) is 0 Å². The molecule has 0 fully saturated rings. The number of benzene rings is 1. The topological polar surface area (TPSA) is 29.1 Å². The first kappa shape index (κ1) is 11.3. The lowest BCUT2D eigenvalue weighted by molar-refractivity contribution is -0.138. The van der Waals surface area contributed by atoms with E-state index in [1.807, 2.05) is 0 Å². The predicted molar refractivity (Wildman–Crippen MR) is 45.3 cm³/mol. The fourth-order valence-electron chi connectivity index (χ4n) is 0.879. The van der Waals surface area contributed by atoms with Gasteiger partial charge in [0.1, 0.15) is 5.75 Å². The summed E-state index contributed by atoms with van der Waals surface area (Å²) >= 11 is 2.76. The molecule has 0 aromatic heterocycles. The standard InChI is InChI=1S/C8H5BrF3O2/c9-7-2-1-5(14-4-13)3-6(7)8(10,11)12/h1-3H,4H2. The Hall–Kier alpha value is -0.750. The lowest BCUT2D eigenvalue weighted by Crippen LogP contribution is -2.06. The van der Waals surface area contributed by atoms with Crippen LogP contribution in [0.5, 0.6) is 5.75 Å². The van der Waals surface area contributed by atoms with E-state index < -0.39 is 18.5 Å². The van der Waals surface area contributed by atoms with Crippen molar-refractivity contribution in [3.05, 3.63) is 28.2 Å². The van der Waals surface area contributed by atoms with Crippen LogP contribution in [0.15, 0.2) is 22.7 Å². The molecule has 1 rings (SSSR count). The molecule has 0 unspecified atom stereocenters. The summed E-state index contributed by atoms with van der Waals surface area (Å²) in [6, 6.07) is 3.26. The molecule has 0 bridgehead atoms. The summed E-state index contributed by atoms with van der Waals surface area (Å²) in [6.07, 6.45) is -4.46. The Morgan fingerprint density at radius 1 is 1.36 bits per heavy atom. The molecular weight excluding hydrogens is 265 g/mol. The maximum Gasteiger partial charge on any atom is 0.417 e. The molecule has 0 saturated carbocycles. The first-order chi connectivity index (χ1) is 6.45. The summed E-state index contributed by atoms with van der Waals surface area (Å²) in [5.41, 5.74) is -0.858. The fraction of sp³-hybridized carbons (Fsp3) is 0.250. The lowest BCUT2D eigenvalue weighted by Gasteiger charge is -2.10. The molecule has 1 radical (unpaired) electrons. The molecule has 0 heterocycles. The Morgan fingerprint density at radius 3 is 2.50 bits per heavy atom. The van der Waals surface area contributed by atoms with Crippen molar-refractivity contribution in [2.75, 3.05) is 6.79 Å². The van der Waals surface area contributed by atoms with Crippen molar-refractivity contribution < 1.29 is 23.0 Å². The third kappa shape index (κ3) is 2.62. The first-order valence-corrected chi connectivity index (χ1v) is 4.32. The third-order valence-electron chi connectivity index (χ3n) is 1.47. The monoisotopic (exact) mass is 269 g/mol. The van der Waals surface area contributed by atoms with E-state index in [0.717, 1.165) is 6.07 Å². The Kier molecular flexibility index (Phi) is 3.38. The summed E-state index contributed by atoms with van der Waals surface area (Å²) in [7, 11) is 0. The van der Waals surface area contributed by atoms with Crippen LogP contribution in [-0.2, 0) is 11.3 Å². The molecule has 0 aliphatic heterocycles. The Balaban J connectivity index is 3.09. The number of ether oxygens (including phenoxy) is 1. The average molecular weight is 270 g/mol. The molecule has 2 nitrogen and oxygen atoms in total. The van der Waals surface area contributed by atoms with Crippen molar-refractivity contribution in [3.8, 4) is 5.75 Å². The van der Waals surface area contributed by atoms with Gasteiger partial charge < -0.3 is 4.74 Å². The van der Waals surface area contributed by atoms with Crippen LogP contribution in [-0.4, -0.2) is 6.79 Å². The normalized spacial score (nSPS) is 11.5. The molecule has 0 N–H and O–H groups in total. The number of rotatable bonds is 2. The van der Waals surface area contributed by atoms with Gasteiger partial charge in [0.15, 0.2) is 0 Å². The molecule has 1 aromatic carbocycles. The van der Waals surface area contributed by atoms with Crippen molar-refractivity contribution in [1.82, 2.24) is 0 Å². The van der Waals surface area contributed by atoms with Gasteiger partial charge in [-0.2, -0.15) is 18.3 Å². The second kappa shape index (κ2) is 4.18. The summed E-state index contributed by atoms with van der Waals surface area (Å²) < 4.78 is 41.3. The third-order valence-corrected chi connectivity index (χ3v) is 2.16. The number of halogens is 4. The van der Waals surface area contributed by atoms with Gasteiger partial charge in [-0.15, -0.1) is 0 Å². The SMILES string of the molecule is [O]COc1ccc(Br)c(C(F)(F)F)c1. The fourth-order valence-corrected chi connectivity index (χ4v) is 1.35. The van der Waals surface area contributed by atoms with E-state index >= 15 is 0 Å². The Labute approximate surface area is 86.4 Å². The van der Waals surface area contributed by atoms with Crippen LogP contribution >= 0.6 is 15.9 Å². The summed E-state index contributed by atoms with van der Waals surface area (Å²) in [4.78, 5) is 0. The predicted octanol–water partition coefficient (Wildman–Crippen LogP) is 3.23. The average Bonchev–Trinajstić information content (AvgIpc) is 2.07. The molecule has 0 atom stereocenters. The van der Waals surface area contributed by atoms with Crippen LogP contribution in [0.4, 0.5) is 13.2 Å². The molecule has 14 heavy (non-hydrogen) atoms. The van der Waals surface area contributed by atoms with Gasteiger partial charge in [0.05, 0.1) is 5.56 Å². The van der Waals surface area contributed by atoms with Gasteiger partial charge in [0.25, 0.3) is 0 Å². The lowest BCUT2D eigenvalue weighted by atomic mass is 10.2. The van der Waals surface area contributed by atoms with Gasteiger partial charge in [-0.25, -0.2) is 0 Å². The van der Waals surface area contributed by atoms with Crippen LogP contribution in [0.1, 0.15) is 5.56 Å². The summed E-state index contributed by atoms with van der Waals surface area (Å²) in [5, 5.41) is 10.0. The van der Waals surface area contributed by atoms with Gasteiger partial charge in [-0.3, -0.25) is 0 Å². The maximum atomic E-state index is 12.3. The largest absolute Gasteiger partial charge is 0.465 e. The van der Waals surface area contributed by atoms with Gasteiger partial charge in [-0.1, -0.05) is 15.9 Å². The summed E-state index contributed by atoms with van der Waals surface area (Å²) in [6.45, 7) is -0.904. The first-order valence-electron chi connectivity index (χ1n) is 3.53. The smallest absolute Gasteiger partial charge is 0.417 e. The van der Waals surface area contributed by atoms with E-state index in [0.29, 0.717) is 0 Å². The quantitative estimate of drug-likeness (QED) is 0.758. The maximum absolute atomic E-state index is 12.3. The molecule has 0 amide bonds. The molecule has 77 valence electrons. The minimum atomic E-state index is -4.46. The molecule has 1 aromatic rings. The van der Waals surface area contributed by atoms with Crippen LogP contribution < -0.4 is 4.74 Å². The van der Waals surface area contributed by atoms with Gasteiger partial charge in [-0.05, 0) is 18.2 Å². The van der Waals surface area contributed by atoms with E-state index in [4.69, 9.17) is 0 Å². The highest BCUT2D eigenvalue weighted by Gasteiger charge is 2.33. The van der Waals surface area contributed by atoms with E-state index in [2.05, 4.69) is 20.7 Å². The minimum absolute atomic E-state index is 0.0803.